The summed E-state index contributed by atoms with van der Waals surface area (Å²) < 4.78 is 5.68. The molecule has 1 aromatic rings. The second-order valence-electron chi connectivity index (χ2n) is 8.41. The van der Waals surface area contributed by atoms with Crippen LogP contribution in [-0.2, 0) is 4.74 Å². The Labute approximate surface area is 170 Å². The minimum atomic E-state index is 0.325. The van der Waals surface area contributed by atoms with Crippen LogP contribution in [0.4, 0.5) is 0 Å². The van der Waals surface area contributed by atoms with Crippen LogP contribution in [0.3, 0.4) is 0 Å². The van der Waals surface area contributed by atoms with Gasteiger partial charge in [0.05, 0.1) is 12.7 Å². The van der Waals surface area contributed by atoms with Gasteiger partial charge in [0.15, 0.2) is 5.96 Å². The third kappa shape index (κ3) is 6.78. The fourth-order valence-electron chi connectivity index (χ4n) is 4.00. The molecule has 1 heterocycles. The summed E-state index contributed by atoms with van der Waals surface area (Å²) in [5.41, 5.74) is 1.47. The second-order valence-corrected chi connectivity index (χ2v) is 8.41. The van der Waals surface area contributed by atoms with Gasteiger partial charge >= 0.3 is 0 Å². The highest BCUT2D eigenvalue weighted by Gasteiger charge is 2.37. The van der Waals surface area contributed by atoms with Gasteiger partial charge in [-0.2, -0.15) is 0 Å². The molecule has 0 aromatic heterocycles. The number of hydrogen-bond donors (Lipinski definition) is 2. The Morgan fingerprint density at radius 2 is 1.96 bits per heavy atom. The van der Waals surface area contributed by atoms with Crippen LogP contribution in [0.1, 0.15) is 51.5 Å². The van der Waals surface area contributed by atoms with Gasteiger partial charge in [-0.05, 0) is 57.4 Å². The van der Waals surface area contributed by atoms with Crippen LogP contribution in [-0.4, -0.2) is 62.3 Å². The molecule has 1 aliphatic heterocycles. The van der Waals surface area contributed by atoms with Crippen molar-refractivity contribution in [2.75, 3.05) is 39.3 Å². The van der Waals surface area contributed by atoms with Gasteiger partial charge in [0, 0.05) is 38.8 Å². The van der Waals surface area contributed by atoms with E-state index in [1.54, 1.807) is 0 Å². The van der Waals surface area contributed by atoms with E-state index in [-0.39, 0.29) is 0 Å². The van der Waals surface area contributed by atoms with Crippen molar-refractivity contribution in [3.8, 4) is 0 Å². The lowest BCUT2D eigenvalue weighted by Gasteiger charge is -2.33. The highest BCUT2D eigenvalue weighted by Crippen LogP contribution is 2.47. The molecule has 28 heavy (non-hydrogen) atoms. The van der Waals surface area contributed by atoms with Crippen LogP contribution in [0.15, 0.2) is 35.3 Å². The maximum atomic E-state index is 5.68. The molecule has 0 amide bonds. The number of piperidine rings is 1. The first-order valence-corrected chi connectivity index (χ1v) is 11.1. The van der Waals surface area contributed by atoms with Gasteiger partial charge in [0.1, 0.15) is 0 Å². The number of aliphatic imine (C=N–C) groups is 1. The zero-order chi connectivity index (χ0) is 19.8. The van der Waals surface area contributed by atoms with Gasteiger partial charge in [-0.15, -0.1) is 0 Å². The molecule has 0 bridgehead atoms. The Hall–Kier alpha value is -1.59. The standard InChI is InChI=1S/C23H38N4O/c1-4-24-23(25-17-20-16-22(20)19-8-6-5-7-9-19)26-21-10-12-27(13-11-21)14-15-28-18(2)3/h5-9,18,20-22H,4,10-17H2,1-3H3,(H2,24,25,26). The van der Waals surface area contributed by atoms with E-state index in [1.807, 2.05) is 0 Å². The molecular formula is C23H38N4O. The molecule has 2 aliphatic rings. The van der Waals surface area contributed by atoms with E-state index >= 15 is 0 Å². The fraction of sp³-hybridized carbons (Fsp3) is 0.696. The number of benzene rings is 1. The molecule has 5 nitrogen and oxygen atoms in total. The van der Waals surface area contributed by atoms with E-state index in [9.17, 15) is 0 Å². The second kappa shape index (κ2) is 10.8. The van der Waals surface area contributed by atoms with Crippen LogP contribution in [0.5, 0.6) is 0 Å². The minimum absolute atomic E-state index is 0.325. The van der Waals surface area contributed by atoms with Crippen LogP contribution in [0.25, 0.3) is 0 Å². The molecule has 2 N–H and O–H groups in total. The normalized spacial score (nSPS) is 23.8. The average Bonchev–Trinajstić information content (AvgIpc) is 3.48. The van der Waals surface area contributed by atoms with Crippen LogP contribution in [0, 0.1) is 5.92 Å². The summed E-state index contributed by atoms with van der Waals surface area (Å²) in [4.78, 5) is 7.41. The molecule has 0 radical (unpaired) electrons. The van der Waals surface area contributed by atoms with Crippen LogP contribution < -0.4 is 10.6 Å². The van der Waals surface area contributed by atoms with Crippen molar-refractivity contribution < 1.29 is 4.74 Å². The molecule has 156 valence electrons. The highest BCUT2D eigenvalue weighted by atomic mass is 16.5. The quantitative estimate of drug-likeness (QED) is 0.505. The minimum Gasteiger partial charge on any atom is -0.377 e. The Balaban J connectivity index is 1.39. The predicted molar refractivity (Wildman–Crippen MR) is 117 cm³/mol. The van der Waals surface area contributed by atoms with Gasteiger partial charge in [0.2, 0.25) is 0 Å². The molecule has 3 rings (SSSR count). The largest absolute Gasteiger partial charge is 0.377 e. The molecule has 1 saturated heterocycles. The fourth-order valence-corrected chi connectivity index (χ4v) is 4.00. The van der Waals surface area contributed by atoms with E-state index in [0.29, 0.717) is 24.0 Å². The smallest absolute Gasteiger partial charge is 0.191 e. The van der Waals surface area contributed by atoms with E-state index in [4.69, 9.17) is 9.73 Å². The van der Waals surface area contributed by atoms with Gasteiger partial charge in [-0.3, -0.25) is 4.99 Å². The average molecular weight is 387 g/mol. The van der Waals surface area contributed by atoms with Crippen molar-refractivity contribution in [2.45, 2.75) is 58.1 Å². The molecule has 1 saturated carbocycles. The molecule has 1 aromatic carbocycles. The maximum absolute atomic E-state index is 5.68. The zero-order valence-corrected chi connectivity index (χ0v) is 17.9. The zero-order valence-electron chi connectivity index (χ0n) is 17.9. The number of hydrogen-bond acceptors (Lipinski definition) is 3. The van der Waals surface area contributed by atoms with Crippen LogP contribution >= 0.6 is 0 Å². The molecule has 0 spiro atoms. The summed E-state index contributed by atoms with van der Waals surface area (Å²) >= 11 is 0. The summed E-state index contributed by atoms with van der Waals surface area (Å²) in [6.07, 6.45) is 3.93. The van der Waals surface area contributed by atoms with Crippen molar-refractivity contribution in [2.24, 2.45) is 10.9 Å². The summed E-state index contributed by atoms with van der Waals surface area (Å²) in [5, 5.41) is 7.10. The Kier molecular flexibility index (Phi) is 8.16. The van der Waals surface area contributed by atoms with Gasteiger partial charge in [0.25, 0.3) is 0 Å². The van der Waals surface area contributed by atoms with E-state index < -0.39 is 0 Å². The van der Waals surface area contributed by atoms with E-state index in [1.165, 1.54) is 24.8 Å². The molecule has 2 fully saturated rings. The van der Waals surface area contributed by atoms with Crippen molar-refractivity contribution in [3.05, 3.63) is 35.9 Å². The van der Waals surface area contributed by atoms with Crippen molar-refractivity contribution in [1.29, 1.82) is 0 Å². The van der Waals surface area contributed by atoms with Crippen molar-refractivity contribution in [1.82, 2.24) is 15.5 Å². The van der Waals surface area contributed by atoms with Crippen molar-refractivity contribution in [3.63, 3.8) is 0 Å². The molecule has 5 heteroatoms. The lowest BCUT2D eigenvalue weighted by atomic mass is 10.1. The lowest BCUT2D eigenvalue weighted by Crippen LogP contribution is -2.49. The summed E-state index contributed by atoms with van der Waals surface area (Å²) in [6.45, 7) is 12.3. The Morgan fingerprint density at radius 1 is 1.21 bits per heavy atom. The van der Waals surface area contributed by atoms with Gasteiger partial charge in [-0.25, -0.2) is 0 Å². The molecule has 1 aliphatic carbocycles. The lowest BCUT2D eigenvalue weighted by molar-refractivity contribution is 0.0532. The number of guanidine groups is 1. The number of ether oxygens (including phenoxy) is 1. The third-order valence-corrected chi connectivity index (χ3v) is 5.77. The predicted octanol–water partition coefficient (Wildman–Crippen LogP) is 3.23. The number of nitrogens with one attached hydrogen (secondary N) is 2. The first-order valence-electron chi connectivity index (χ1n) is 11.1. The van der Waals surface area contributed by atoms with Crippen LogP contribution in [0.2, 0.25) is 0 Å². The molecule has 2 atom stereocenters. The number of nitrogens with zero attached hydrogens (tertiary/aromatic N) is 2. The topological polar surface area (TPSA) is 48.9 Å². The number of likely N-dealkylation sites (tertiary alicyclic amines) is 1. The molecular weight excluding hydrogens is 348 g/mol. The van der Waals surface area contributed by atoms with Gasteiger partial charge in [-0.1, -0.05) is 30.3 Å². The Morgan fingerprint density at radius 3 is 2.64 bits per heavy atom. The van der Waals surface area contributed by atoms with E-state index in [2.05, 4.69) is 66.6 Å². The summed E-state index contributed by atoms with van der Waals surface area (Å²) in [6, 6.07) is 11.4. The van der Waals surface area contributed by atoms with Crippen molar-refractivity contribution >= 4 is 5.96 Å². The number of rotatable bonds is 9. The third-order valence-electron chi connectivity index (χ3n) is 5.77. The first kappa shape index (κ1) is 21.1. The maximum Gasteiger partial charge on any atom is 0.191 e. The van der Waals surface area contributed by atoms with E-state index in [0.717, 1.165) is 45.3 Å². The Bertz CT molecular complexity index is 596. The first-order chi connectivity index (χ1) is 13.7. The van der Waals surface area contributed by atoms with Gasteiger partial charge < -0.3 is 20.3 Å². The summed E-state index contributed by atoms with van der Waals surface area (Å²) in [5.74, 6) is 2.38. The monoisotopic (exact) mass is 386 g/mol. The SMILES string of the molecule is CCNC(=NCC1CC1c1ccccc1)NC1CCN(CCOC(C)C)CC1. The highest BCUT2D eigenvalue weighted by molar-refractivity contribution is 5.80. The summed E-state index contributed by atoms with van der Waals surface area (Å²) in [7, 11) is 0. The molecule has 2 unspecified atom stereocenters.